The Kier molecular flexibility index (Phi) is 4.99. The summed E-state index contributed by atoms with van der Waals surface area (Å²) < 4.78 is 34.4. The van der Waals surface area contributed by atoms with Gasteiger partial charge in [-0.05, 0) is 24.6 Å². The van der Waals surface area contributed by atoms with Crippen molar-refractivity contribution in [1.29, 1.82) is 0 Å². The molecular formula is C22H17F2N3O3. The first-order valence-corrected chi connectivity index (χ1v) is 9.30. The van der Waals surface area contributed by atoms with Gasteiger partial charge in [0.1, 0.15) is 11.6 Å². The molecule has 0 aliphatic rings. The van der Waals surface area contributed by atoms with Crippen LogP contribution >= 0.6 is 0 Å². The van der Waals surface area contributed by atoms with Crippen molar-refractivity contribution in [2.45, 2.75) is 19.8 Å². The maximum absolute atomic E-state index is 13.8. The standard InChI is InChI=1S/C22H17F2N3O3/c1-3-13-14(7-8-18-21(13)30-22(29)27(18)2)17-11-25-12(10-26-17)9-19(28)20-15(23)5-4-6-16(20)24/h4-8,10-11H,3,9H2,1-2H3. The van der Waals surface area contributed by atoms with Crippen LogP contribution in [0.3, 0.4) is 0 Å². The third-order valence-electron chi connectivity index (χ3n) is 4.98. The molecule has 30 heavy (non-hydrogen) atoms. The Morgan fingerprint density at radius 3 is 2.47 bits per heavy atom. The number of rotatable bonds is 5. The van der Waals surface area contributed by atoms with E-state index in [9.17, 15) is 18.4 Å². The summed E-state index contributed by atoms with van der Waals surface area (Å²) in [6.07, 6.45) is 3.21. The maximum atomic E-state index is 13.8. The second-order valence-corrected chi connectivity index (χ2v) is 6.81. The van der Waals surface area contributed by atoms with Gasteiger partial charge in [-0.25, -0.2) is 13.6 Å². The summed E-state index contributed by atoms with van der Waals surface area (Å²) in [5.41, 5.74) is 2.99. The number of halogens is 2. The maximum Gasteiger partial charge on any atom is 0.419 e. The van der Waals surface area contributed by atoms with Crippen LogP contribution in [0.15, 0.2) is 51.9 Å². The van der Waals surface area contributed by atoms with Gasteiger partial charge in [-0.15, -0.1) is 0 Å². The first kappa shape index (κ1) is 19.6. The highest BCUT2D eigenvalue weighted by Crippen LogP contribution is 2.29. The molecule has 2 aromatic heterocycles. The Labute approximate surface area is 169 Å². The summed E-state index contributed by atoms with van der Waals surface area (Å²) >= 11 is 0. The summed E-state index contributed by atoms with van der Waals surface area (Å²) in [6, 6.07) is 6.88. The summed E-state index contributed by atoms with van der Waals surface area (Å²) in [5.74, 6) is -2.98. The second-order valence-electron chi connectivity index (χ2n) is 6.81. The van der Waals surface area contributed by atoms with Crippen LogP contribution < -0.4 is 5.76 Å². The Balaban J connectivity index is 1.66. The van der Waals surface area contributed by atoms with Gasteiger partial charge < -0.3 is 4.42 Å². The van der Waals surface area contributed by atoms with Crippen LogP contribution in [0, 0.1) is 11.6 Å². The van der Waals surface area contributed by atoms with Crippen LogP contribution in [-0.2, 0) is 19.9 Å². The monoisotopic (exact) mass is 409 g/mol. The fourth-order valence-electron chi connectivity index (χ4n) is 3.44. The van der Waals surface area contributed by atoms with Crippen LogP contribution in [0.4, 0.5) is 8.78 Å². The lowest BCUT2D eigenvalue weighted by molar-refractivity contribution is 0.0983. The molecule has 2 heterocycles. The highest BCUT2D eigenvalue weighted by molar-refractivity contribution is 5.97. The number of hydrogen-bond donors (Lipinski definition) is 0. The molecule has 0 spiro atoms. The molecule has 4 aromatic rings. The number of nitrogens with zero attached hydrogens (tertiary/aromatic N) is 3. The molecule has 4 rings (SSSR count). The molecule has 0 radical (unpaired) electrons. The third kappa shape index (κ3) is 3.30. The molecule has 0 aliphatic heterocycles. The quantitative estimate of drug-likeness (QED) is 0.468. The molecule has 0 unspecified atom stereocenters. The third-order valence-corrected chi connectivity index (χ3v) is 4.98. The number of Topliss-reactive ketones (excluding diaryl/α,β-unsaturated/α-hetero) is 1. The lowest BCUT2D eigenvalue weighted by atomic mass is 10.0. The number of oxazole rings is 1. The Bertz CT molecular complexity index is 1300. The molecule has 0 N–H and O–H groups in total. The number of hydrogen-bond acceptors (Lipinski definition) is 5. The van der Waals surface area contributed by atoms with E-state index in [1.165, 1.54) is 23.0 Å². The SMILES string of the molecule is CCc1c(-c2cnc(CC(=O)c3c(F)cccc3F)cn2)ccc2c1oc(=O)n2C. The molecule has 152 valence electrons. The lowest BCUT2D eigenvalue weighted by Crippen LogP contribution is -2.10. The highest BCUT2D eigenvalue weighted by atomic mass is 19.1. The summed E-state index contributed by atoms with van der Waals surface area (Å²) in [6.45, 7) is 1.94. The first-order valence-electron chi connectivity index (χ1n) is 9.30. The van der Waals surface area contributed by atoms with E-state index in [4.69, 9.17) is 4.42 Å². The number of ketones is 1. The molecule has 0 fully saturated rings. The number of carbonyl (C=O) groups is 1. The highest BCUT2D eigenvalue weighted by Gasteiger charge is 2.19. The van der Waals surface area contributed by atoms with Gasteiger partial charge in [0.25, 0.3) is 0 Å². The van der Waals surface area contributed by atoms with Crippen LogP contribution in [-0.4, -0.2) is 20.3 Å². The predicted molar refractivity (Wildman–Crippen MR) is 106 cm³/mol. The molecule has 0 saturated carbocycles. The van der Waals surface area contributed by atoms with Crippen LogP contribution in [0.25, 0.3) is 22.4 Å². The minimum Gasteiger partial charge on any atom is -0.407 e. The normalized spacial score (nSPS) is 11.2. The average Bonchev–Trinajstić information content (AvgIpc) is 3.02. The van der Waals surface area contributed by atoms with Crippen molar-refractivity contribution in [2.24, 2.45) is 7.05 Å². The van der Waals surface area contributed by atoms with Gasteiger partial charge in [0.05, 0.1) is 35.1 Å². The van der Waals surface area contributed by atoms with E-state index < -0.39 is 28.7 Å². The lowest BCUT2D eigenvalue weighted by Gasteiger charge is -2.09. The van der Waals surface area contributed by atoms with E-state index in [1.54, 1.807) is 13.1 Å². The van der Waals surface area contributed by atoms with Crippen LogP contribution in [0.1, 0.15) is 28.5 Å². The van der Waals surface area contributed by atoms with Crippen LogP contribution in [0.2, 0.25) is 0 Å². The minimum atomic E-state index is -0.908. The number of carbonyl (C=O) groups excluding carboxylic acids is 1. The van der Waals surface area contributed by atoms with E-state index in [1.807, 2.05) is 13.0 Å². The van der Waals surface area contributed by atoms with Crippen molar-refractivity contribution in [3.63, 3.8) is 0 Å². The topological polar surface area (TPSA) is 78.0 Å². The van der Waals surface area contributed by atoms with Gasteiger partial charge in [-0.3, -0.25) is 19.3 Å². The zero-order chi connectivity index (χ0) is 21.4. The predicted octanol–water partition coefficient (Wildman–Crippen LogP) is 3.85. The number of aromatic nitrogens is 3. The summed E-state index contributed by atoms with van der Waals surface area (Å²) in [5, 5.41) is 0. The molecule has 0 saturated heterocycles. The minimum absolute atomic E-state index is 0.279. The van der Waals surface area contributed by atoms with E-state index >= 15 is 0 Å². The molecule has 2 aromatic carbocycles. The molecule has 0 bridgehead atoms. The van der Waals surface area contributed by atoms with Gasteiger partial charge in [0.2, 0.25) is 0 Å². The fraction of sp³-hybridized carbons (Fsp3) is 0.182. The smallest absolute Gasteiger partial charge is 0.407 e. The molecular weight excluding hydrogens is 392 g/mol. The number of aryl methyl sites for hydroxylation is 2. The van der Waals surface area contributed by atoms with E-state index in [-0.39, 0.29) is 12.1 Å². The summed E-state index contributed by atoms with van der Waals surface area (Å²) in [7, 11) is 1.64. The molecule has 0 amide bonds. The molecule has 6 nitrogen and oxygen atoms in total. The second kappa shape index (κ2) is 7.62. The van der Waals surface area contributed by atoms with E-state index in [0.29, 0.717) is 23.2 Å². The van der Waals surface area contributed by atoms with Crippen molar-refractivity contribution in [2.75, 3.05) is 0 Å². The van der Waals surface area contributed by atoms with Gasteiger partial charge in [-0.2, -0.15) is 0 Å². The Morgan fingerprint density at radius 1 is 1.10 bits per heavy atom. The first-order chi connectivity index (χ1) is 14.4. The summed E-state index contributed by atoms with van der Waals surface area (Å²) in [4.78, 5) is 32.7. The number of fused-ring (bicyclic) bond motifs is 1. The largest absolute Gasteiger partial charge is 0.419 e. The Morgan fingerprint density at radius 2 is 1.83 bits per heavy atom. The number of benzene rings is 2. The van der Waals surface area contributed by atoms with Gasteiger partial charge in [0, 0.05) is 24.4 Å². The fourth-order valence-corrected chi connectivity index (χ4v) is 3.44. The van der Waals surface area contributed by atoms with Crippen LogP contribution in [0.5, 0.6) is 0 Å². The van der Waals surface area contributed by atoms with Gasteiger partial charge in [0.15, 0.2) is 11.4 Å². The molecule has 8 heteroatoms. The van der Waals surface area contributed by atoms with Crippen molar-refractivity contribution in [3.05, 3.63) is 81.7 Å². The van der Waals surface area contributed by atoms with Crippen molar-refractivity contribution >= 4 is 16.9 Å². The van der Waals surface area contributed by atoms with Crippen molar-refractivity contribution in [3.8, 4) is 11.3 Å². The molecule has 0 atom stereocenters. The molecule has 0 aliphatic carbocycles. The Hall–Kier alpha value is -3.68. The zero-order valence-corrected chi connectivity index (χ0v) is 16.3. The van der Waals surface area contributed by atoms with E-state index in [0.717, 1.165) is 23.3 Å². The zero-order valence-electron chi connectivity index (χ0n) is 16.3. The van der Waals surface area contributed by atoms with Crippen molar-refractivity contribution < 1.29 is 18.0 Å². The van der Waals surface area contributed by atoms with Gasteiger partial charge in [-0.1, -0.05) is 19.1 Å². The van der Waals surface area contributed by atoms with Gasteiger partial charge >= 0.3 is 5.76 Å². The van der Waals surface area contributed by atoms with Crippen molar-refractivity contribution in [1.82, 2.24) is 14.5 Å². The average molecular weight is 409 g/mol. The van der Waals surface area contributed by atoms with E-state index in [2.05, 4.69) is 9.97 Å².